The number of aromatic hydroxyl groups is 1. The molecule has 0 atom stereocenters. The summed E-state index contributed by atoms with van der Waals surface area (Å²) in [5, 5.41) is 2.46. The topological polar surface area (TPSA) is 32.6 Å². The molecule has 1 N–H and O–H groups in total. The number of hydrogen-bond donors (Lipinski definition) is 1. The van der Waals surface area contributed by atoms with Crippen LogP contribution in [0.3, 0.4) is 0 Å². The van der Waals surface area contributed by atoms with Crippen LogP contribution in [0.4, 0.5) is 37.0 Å². The molecule has 2 nitrogen and oxygen atoms in total. The van der Waals surface area contributed by atoms with Crippen LogP contribution < -0.4 is 0 Å². The van der Waals surface area contributed by atoms with E-state index in [4.69, 9.17) is 0 Å². The first-order valence-corrected chi connectivity index (χ1v) is 8.87. The van der Waals surface area contributed by atoms with Crippen molar-refractivity contribution >= 4 is 16.4 Å². The number of para-hydroxylation sites is 1. The highest BCUT2D eigenvalue weighted by molar-refractivity contribution is 8.46. The van der Waals surface area contributed by atoms with Gasteiger partial charge in [0.15, 0.2) is 0 Å². The van der Waals surface area contributed by atoms with E-state index in [0.29, 0.717) is 11.8 Å². The molecule has 1 aromatic carbocycles. The van der Waals surface area contributed by atoms with Gasteiger partial charge in [0, 0.05) is 11.8 Å². The number of hydrogen-bond acceptors (Lipinski definition) is 2. The molecule has 0 saturated carbocycles. The second kappa shape index (κ2) is 5.46. The van der Waals surface area contributed by atoms with Gasteiger partial charge in [0.1, 0.15) is 12.3 Å². The Morgan fingerprint density at radius 1 is 1.00 bits per heavy atom. The first-order chi connectivity index (χ1) is 11.1. The lowest BCUT2D eigenvalue weighted by molar-refractivity contribution is -0.166. The molecular weight excluding hydrogens is 401 g/mol. The Morgan fingerprint density at radius 3 is 1.92 bits per heavy atom. The van der Waals surface area contributed by atoms with Crippen molar-refractivity contribution < 1.29 is 42.1 Å². The molecular formula is C14H16F9NOS. The van der Waals surface area contributed by atoms with Crippen molar-refractivity contribution in [1.82, 2.24) is 0 Å². The minimum atomic E-state index is -11.8. The fraction of sp³-hybridized carbons (Fsp3) is 0.500. The van der Waals surface area contributed by atoms with Crippen molar-refractivity contribution in [3.63, 3.8) is 0 Å². The minimum absolute atomic E-state index is 0.246. The molecule has 1 rings (SSSR count). The van der Waals surface area contributed by atoms with E-state index in [0.717, 1.165) is 6.07 Å². The van der Waals surface area contributed by atoms with Crippen molar-refractivity contribution in [2.45, 2.75) is 37.4 Å². The summed E-state index contributed by atoms with van der Waals surface area (Å²) in [6, 6.07) is 3.97. The summed E-state index contributed by atoms with van der Waals surface area (Å²) in [5.74, 6) is -6.63. The SMILES string of the molecule is CC(C)(C)c1cccc(C=NCC(F)(F)C(F)(F)S(F)(F)(F)(F)F)c1O. The Bertz CT molecular complexity index is 720. The second-order valence-electron chi connectivity index (χ2n) is 6.65. The van der Waals surface area contributed by atoms with Gasteiger partial charge in [-0.25, -0.2) is 0 Å². The van der Waals surface area contributed by atoms with Crippen molar-refractivity contribution in [3.05, 3.63) is 29.3 Å². The molecule has 0 aliphatic heterocycles. The molecule has 0 amide bonds. The van der Waals surface area contributed by atoms with E-state index in [9.17, 15) is 42.1 Å². The van der Waals surface area contributed by atoms with Gasteiger partial charge in [-0.3, -0.25) is 4.99 Å². The summed E-state index contributed by atoms with van der Waals surface area (Å²) in [5.41, 5.74) is -0.526. The molecule has 0 aliphatic carbocycles. The zero-order valence-electron chi connectivity index (χ0n) is 13.7. The third kappa shape index (κ3) is 4.21. The van der Waals surface area contributed by atoms with Crippen LogP contribution in [0.2, 0.25) is 0 Å². The first kappa shape index (κ1) is 22.5. The van der Waals surface area contributed by atoms with E-state index in [1.54, 1.807) is 20.8 Å². The fourth-order valence-electron chi connectivity index (χ4n) is 1.90. The Morgan fingerprint density at radius 2 is 1.50 bits per heavy atom. The van der Waals surface area contributed by atoms with E-state index in [1.165, 1.54) is 12.1 Å². The van der Waals surface area contributed by atoms with E-state index < -0.39 is 39.1 Å². The van der Waals surface area contributed by atoms with Crippen LogP contribution in [0.1, 0.15) is 31.9 Å². The van der Waals surface area contributed by atoms with Crippen molar-refractivity contribution in [2.75, 3.05) is 6.54 Å². The van der Waals surface area contributed by atoms with Crippen LogP contribution in [-0.2, 0) is 5.41 Å². The predicted molar refractivity (Wildman–Crippen MR) is 82.3 cm³/mol. The summed E-state index contributed by atoms with van der Waals surface area (Å²) in [4.78, 5) is 2.71. The van der Waals surface area contributed by atoms with Crippen LogP contribution in [0.25, 0.3) is 0 Å². The predicted octanol–water partition coefficient (Wildman–Crippen LogP) is 6.64. The smallest absolute Gasteiger partial charge is 0.445 e. The van der Waals surface area contributed by atoms with E-state index >= 15 is 0 Å². The molecule has 0 saturated heterocycles. The Labute approximate surface area is 143 Å². The third-order valence-electron chi connectivity index (χ3n) is 3.31. The number of nitrogens with zero attached hydrogens (tertiary/aromatic N) is 1. The zero-order chi connectivity index (χ0) is 20.9. The Kier molecular flexibility index (Phi) is 4.71. The highest BCUT2D eigenvalue weighted by Gasteiger charge is 2.91. The summed E-state index contributed by atoms with van der Waals surface area (Å²) in [7, 11) is -11.8. The number of aliphatic imine (C=N–C) groups is 1. The van der Waals surface area contributed by atoms with Gasteiger partial charge in [-0.2, -0.15) is 17.6 Å². The van der Waals surface area contributed by atoms with Gasteiger partial charge in [-0.15, -0.1) is 0 Å². The number of phenols is 1. The van der Waals surface area contributed by atoms with Crippen molar-refractivity contribution in [1.29, 1.82) is 0 Å². The molecule has 0 aliphatic rings. The summed E-state index contributed by atoms with van der Waals surface area (Å²) >= 11 is 0. The zero-order valence-corrected chi connectivity index (χ0v) is 14.5. The maximum absolute atomic E-state index is 13.2. The van der Waals surface area contributed by atoms with Gasteiger partial charge in [-0.1, -0.05) is 52.3 Å². The second-order valence-corrected chi connectivity index (χ2v) is 9.10. The van der Waals surface area contributed by atoms with Gasteiger partial charge in [0.2, 0.25) is 0 Å². The maximum atomic E-state index is 13.2. The van der Waals surface area contributed by atoms with Gasteiger partial charge in [0.25, 0.3) is 0 Å². The average molecular weight is 417 g/mol. The van der Waals surface area contributed by atoms with Crippen LogP contribution in [-0.4, -0.2) is 29.0 Å². The highest BCUT2D eigenvalue weighted by Crippen LogP contribution is 3.05. The van der Waals surface area contributed by atoms with Crippen LogP contribution in [0, 0.1) is 0 Å². The number of benzene rings is 1. The number of halogens is 9. The lowest BCUT2D eigenvalue weighted by Gasteiger charge is -2.47. The molecule has 1 aromatic rings. The van der Waals surface area contributed by atoms with Crippen LogP contribution in [0.15, 0.2) is 23.2 Å². The monoisotopic (exact) mass is 417 g/mol. The number of phenolic OH excluding ortho intramolecular Hbond substituents is 1. The number of rotatable bonds is 5. The molecule has 0 spiro atoms. The Balaban J connectivity index is 3.17. The van der Waals surface area contributed by atoms with E-state index in [1.807, 2.05) is 0 Å². The van der Waals surface area contributed by atoms with Crippen molar-refractivity contribution in [3.8, 4) is 5.75 Å². The van der Waals surface area contributed by atoms with Crippen molar-refractivity contribution in [2.24, 2.45) is 4.99 Å². The molecule has 0 aromatic heterocycles. The maximum Gasteiger partial charge on any atom is 0.445 e. The van der Waals surface area contributed by atoms with Crippen LogP contribution in [0.5, 0.6) is 5.75 Å². The molecule has 12 heteroatoms. The lowest BCUT2D eigenvalue weighted by Crippen LogP contribution is -2.50. The standard InChI is InChI=1S/C14H16F9NOS/c1-12(2,3)10-6-4-5-9(11(10)25)7-24-8-13(15,16)14(17,18)26(19,20,21,22)23/h4-7,25H,8H2,1-3H3. The molecule has 26 heavy (non-hydrogen) atoms. The minimum Gasteiger partial charge on any atom is -0.507 e. The lowest BCUT2D eigenvalue weighted by atomic mass is 9.85. The molecule has 0 fully saturated rings. The quantitative estimate of drug-likeness (QED) is 0.423. The largest absolute Gasteiger partial charge is 0.507 e. The van der Waals surface area contributed by atoms with E-state index in [2.05, 4.69) is 4.99 Å². The fourth-order valence-corrected chi connectivity index (χ4v) is 2.53. The molecule has 152 valence electrons. The van der Waals surface area contributed by atoms with Gasteiger partial charge >= 0.3 is 21.4 Å². The molecule has 0 unspecified atom stereocenters. The van der Waals surface area contributed by atoms with Gasteiger partial charge in [0.05, 0.1) is 0 Å². The average Bonchev–Trinajstić information content (AvgIpc) is 2.35. The van der Waals surface area contributed by atoms with Gasteiger partial charge in [-0.05, 0) is 17.0 Å². The van der Waals surface area contributed by atoms with Crippen LogP contribution >= 0.6 is 10.2 Å². The highest BCUT2D eigenvalue weighted by atomic mass is 32.5. The Hall–Kier alpha value is -1.59. The third-order valence-corrected chi connectivity index (χ3v) is 4.57. The summed E-state index contributed by atoms with van der Waals surface area (Å²) < 4.78 is 113. The summed E-state index contributed by atoms with van der Waals surface area (Å²) in [6.07, 6.45) is 0.417. The molecule has 0 heterocycles. The first-order valence-electron chi connectivity index (χ1n) is 6.92. The van der Waals surface area contributed by atoms with Gasteiger partial charge < -0.3 is 5.11 Å². The van der Waals surface area contributed by atoms with E-state index in [-0.39, 0.29) is 5.56 Å². The summed E-state index contributed by atoms with van der Waals surface area (Å²) in [6.45, 7) is 2.51. The molecule has 0 bridgehead atoms. The normalized spacial score (nSPS) is 17.2. The molecule has 0 radical (unpaired) electrons. The number of alkyl halides is 4.